The summed E-state index contributed by atoms with van der Waals surface area (Å²) in [6, 6.07) is 4.44. The van der Waals surface area contributed by atoms with Gasteiger partial charge < -0.3 is 10.3 Å². The lowest BCUT2D eigenvalue weighted by Crippen LogP contribution is -2.28. The maximum atomic E-state index is 11.7. The van der Waals surface area contributed by atoms with Gasteiger partial charge in [-0.15, -0.1) is 0 Å². The van der Waals surface area contributed by atoms with Crippen LogP contribution in [0.5, 0.6) is 0 Å². The zero-order valence-electron chi connectivity index (χ0n) is 9.88. The topological polar surface area (TPSA) is 92.7 Å². The maximum Gasteiger partial charge on any atom is 0.267 e. The van der Waals surface area contributed by atoms with Gasteiger partial charge in [0.15, 0.2) is 5.82 Å². The van der Waals surface area contributed by atoms with Gasteiger partial charge in [0.1, 0.15) is 12.0 Å². The minimum Gasteiger partial charge on any atom is -0.350 e. The number of aryl methyl sites for hydroxylation is 1. The van der Waals surface area contributed by atoms with Crippen LogP contribution in [0.4, 0.5) is 0 Å². The summed E-state index contributed by atoms with van der Waals surface area (Å²) < 4.78 is 1.60. The highest BCUT2D eigenvalue weighted by molar-refractivity contribution is 5.92. The van der Waals surface area contributed by atoms with E-state index in [-0.39, 0.29) is 17.2 Å². The van der Waals surface area contributed by atoms with Gasteiger partial charge in [-0.05, 0) is 6.07 Å². The zero-order chi connectivity index (χ0) is 13.0. The molecule has 7 heteroatoms. The van der Waals surface area contributed by atoms with Crippen LogP contribution in [0.25, 0.3) is 0 Å². The first-order valence-corrected chi connectivity index (χ1v) is 5.47. The van der Waals surface area contributed by atoms with Gasteiger partial charge in [-0.1, -0.05) is 6.07 Å². The number of aromatic nitrogens is 4. The molecule has 0 aliphatic rings. The van der Waals surface area contributed by atoms with Crippen LogP contribution >= 0.6 is 0 Å². The Kier molecular flexibility index (Phi) is 3.52. The fraction of sp³-hybridized carbons (Fsp3) is 0.273. The molecule has 1 amide bonds. The van der Waals surface area contributed by atoms with Gasteiger partial charge in [0.25, 0.3) is 5.91 Å². The Hall–Kier alpha value is -2.44. The van der Waals surface area contributed by atoms with Crippen molar-refractivity contribution in [1.82, 2.24) is 25.1 Å². The number of carbonyl (C=O) groups is 1. The lowest BCUT2D eigenvalue weighted by atomic mass is 10.3. The van der Waals surface area contributed by atoms with Crippen molar-refractivity contribution < 1.29 is 4.79 Å². The highest BCUT2D eigenvalue weighted by atomic mass is 16.2. The van der Waals surface area contributed by atoms with Gasteiger partial charge in [0.05, 0.1) is 0 Å². The van der Waals surface area contributed by atoms with Crippen molar-refractivity contribution in [2.45, 2.75) is 6.42 Å². The van der Waals surface area contributed by atoms with E-state index in [1.54, 1.807) is 24.1 Å². The highest BCUT2D eigenvalue weighted by Gasteiger charge is 2.06. The summed E-state index contributed by atoms with van der Waals surface area (Å²) in [6.07, 6.45) is 2.15. The number of amides is 1. The predicted octanol–water partition coefficient (Wildman–Crippen LogP) is -0.524. The summed E-state index contributed by atoms with van der Waals surface area (Å²) in [5, 5.41) is 6.78. The van der Waals surface area contributed by atoms with E-state index in [1.165, 1.54) is 12.1 Å². The molecule has 0 aromatic carbocycles. The van der Waals surface area contributed by atoms with Crippen LogP contribution in [0.15, 0.2) is 29.3 Å². The molecule has 2 aromatic heterocycles. The minimum atomic E-state index is -0.316. The fourth-order valence-corrected chi connectivity index (χ4v) is 1.46. The third kappa shape index (κ3) is 3.03. The molecule has 0 atom stereocenters. The van der Waals surface area contributed by atoms with Crippen molar-refractivity contribution in [3.8, 4) is 0 Å². The molecular formula is C11H13N5O2. The van der Waals surface area contributed by atoms with E-state index in [0.29, 0.717) is 18.8 Å². The molecule has 94 valence electrons. The highest BCUT2D eigenvalue weighted by Crippen LogP contribution is 1.92. The number of carbonyl (C=O) groups excluding carboxylic acids is 1. The smallest absolute Gasteiger partial charge is 0.267 e. The SMILES string of the molecule is Cn1cnc(CCNC(=O)c2cccc(=O)[nH]2)n1. The van der Waals surface area contributed by atoms with Crippen molar-refractivity contribution in [3.63, 3.8) is 0 Å². The third-order valence-electron chi connectivity index (χ3n) is 2.29. The maximum absolute atomic E-state index is 11.7. The first-order valence-electron chi connectivity index (χ1n) is 5.47. The predicted molar refractivity (Wildman–Crippen MR) is 64.1 cm³/mol. The average Bonchev–Trinajstić information content (AvgIpc) is 2.75. The van der Waals surface area contributed by atoms with Crippen molar-refractivity contribution in [3.05, 3.63) is 46.4 Å². The van der Waals surface area contributed by atoms with Gasteiger partial charge in [-0.25, -0.2) is 4.98 Å². The number of aromatic amines is 1. The van der Waals surface area contributed by atoms with Gasteiger partial charge in [-0.3, -0.25) is 14.3 Å². The third-order valence-corrected chi connectivity index (χ3v) is 2.29. The zero-order valence-corrected chi connectivity index (χ0v) is 9.88. The Morgan fingerprint density at radius 1 is 1.50 bits per heavy atom. The minimum absolute atomic E-state index is 0.247. The van der Waals surface area contributed by atoms with Gasteiger partial charge in [0.2, 0.25) is 5.56 Å². The summed E-state index contributed by atoms with van der Waals surface area (Å²) >= 11 is 0. The lowest BCUT2D eigenvalue weighted by molar-refractivity contribution is 0.0949. The van der Waals surface area contributed by atoms with Crippen LogP contribution in [0, 0.1) is 0 Å². The number of hydrogen-bond donors (Lipinski definition) is 2. The van der Waals surface area contributed by atoms with Crippen LogP contribution < -0.4 is 10.9 Å². The lowest BCUT2D eigenvalue weighted by Gasteiger charge is -2.02. The Morgan fingerprint density at radius 2 is 2.33 bits per heavy atom. The van der Waals surface area contributed by atoms with E-state index in [9.17, 15) is 9.59 Å². The second-order valence-electron chi connectivity index (χ2n) is 3.77. The summed E-state index contributed by atoms with van der Waals surface area (Å²) in [6.45, 7) is 0.416. The molecule has 0 aliphatic carbocycles. The molecule has 0 bridgehead atoms. The molecule has 0 fully saturated rings. The van der Waals surface area contributed by atoms with Gasteiger partial charge >= 0.3 is 0 Å². The molecule has 2 rings (SSSR count). The monoisotopic (exact) mass is 247 g/mol. The normalized spacial score (nSPS) is 10.3. The quantitative estimate of drug-likeness (QED) is 0.760. The molecule has 18 heavy (non-hydrogen) atoms. The molecule has 2 N–H and O–H groups in total. The molecule has 7 nitrogen and oxygen atoms in total. The first kappa shape index (κ1) is 12.0. The van der Waals surface area contributed by atoms with Crippen LogP contribution in [0.1, 0.15) is 16.3 Å². The number of pyridine rings is 1. The molecule has 0 saturated carbocycles. The number of hydrogen-bond acceptors (Lipinski definition) is 4. The molecule has 2 heterocycles. The summed E-state index contributed by atoms with van der Waals surface area (Å²) in [7, 11) is 1.78. The van der Waals surface area contributed by atoms with Crippen LogP contribution in [-0.4, -0.2) is 32.2 Å². The summed E-state index contributed by atoms with van der Waals surface area (Å²) in [5.74, 6) is 0.350. The second-order valence-corrected chi connectivity index (χ2v) is 3.77. The molecular weight excluding hydrogens is 234 g/mol. The van der Waals surface area contributed by atoms with Crippen molar-refractivity contribution in [2.24, 2.45) is 7.05 Å². The average molecular weight is 247 g/mol. The molecule has 0 unspecified atom stereocenters. The van der Waals surface area contributed by atoms with Gasteiger partial charge in [-0.2, -0.15) is 5.10 Å². The van der Waals surface area contributed by atoms with Crippen molar-refractivity contribution in [2.75, 3.05) is 6.54 Å². The van der Waals surface area contributed by atoms with Gasteiger partial charge in [0, 0.05) is 26.1 Å². The van der Waals surface area contributed by atoms with Crippen molar-refractivity contribution in [1.29, 1.82) is 0 Å². The Labute approximate surface area is 103 Å². The summed E-state index contributed by atoms with van der Waals surface area (Å²) in [5.41, 5.74) is -0.0504. The van der Waals surface area contributed by atoms with Crippen molar-refractivity contribution >= 4 is 5.91 Å². The Bertz CT molecular complexity index is 601. The molecule has 0 saturated heterocycles. The van der Waals surface area contributed by atoms with E-state index in [0.717, 1.165) is 0 Å². The van der Waals surface area contributed by atoms with E-state index in [2.05, 4.69) is 20.4 Å². The number of H-pyrrole nitrogens is 1. The molecule has 2 aromatic rings. The fourth-order valence-electron chi connectivity index (χ4n) is 1.46. The molecule has 0 aliphatic heterocycles. The Morgan fingerprint density at radius 3 is 3.00 bits per heavy atom. The second kappa shape index (κ2) is 5.26. The van der Waals surface area contributed by atoms with Crippen LogP contribution in [0.2, 0.25) is 0 Å². The van der Waals surface area contributed by atoms with E-state index < -0.39 is 0 Å². The summed E-state index contributed by atoms with van der Waals surface area (Å²) in [4.78, 5) is 29.2. The number of nitrogens with zero attached hydrogens (tertiary/aromatic N) is 3. The van der Waals surface area contributed by atoms with E-state index in [1.807, 2.05) is 0 Å². The van der Waals surface area contributed by atoms with E-state index in [4.69, 9.17) is 0 Å². The number of nitrogens with one attached hydrogen (secondary N) is 2. The van der Waals surface area contributed by atoms with Crippen LogP contribution in [0.3, 0.4) is 0 Å². The molecule has 0 spiro atoms. The molecule has 0 radical (unpaired) electrons. The first-order chi connectivity index (χ1) is 8.65. The number of rotatable bonds is 4. The largest absolute Gasteiger partial charge is 0.350 e. The van der Waals surface area contributed by atoms with Crippen LogP contribution in [-0.2, 0) is 13.5 Å². The standard InChI is InChI=1S/C11H13N5O2/c1-16-7-13-9(15-16)5-6-12-11(18)8-3-2-4-10(17)14-8/h2-4,7H,5-6H2,1H3,(H,12,18)(H,14,17). The Balaban J connectivity index is 1.87. The van der Waals surface area contributed by atoms with E-state index >= 15 is 0 Å².